The van der Waals surface area contributed by atoms with E-state index >= 15 is 0 Å². The third-order valence-corrected chi connectivity index (χ3v) is 2.86. The van der Waals surface area contributed by atoms with Gasteiger partial charge in [-0.1, -0.05) is 13.0 Å². The molecular formula is C14H22N2O2. The molecule has 0 saturated heterocycles. The molecule has 0 aliphatic heterocycles. The summed E-state index contributed by atoms with van der Waals surface area (Å²) in [4.78, 5) is 14.1. The number of phenols is 1. The fourth-order valence-corrected chi connectivity index (χ4v) is 1.96. The molecule has 1 aromatic rings. The van der Waals surface area contributed by atoms with E-state index < -0.39 is 5.54 Å². The maximum Gasteiger partial charge on any atom is 0.246 e. The highest BCUT2D eigenvalue weighted by atomic mass is 16.3. The lowest BCUT2D eigenvalue weighted by Gasteiger charge is -2.32. The minimum absolute atomic E-state index is 0.00236. The Morgan fingerprint density at radius 2 is 2.06 bits per heavy atom. The van der Waals surface area contributed by atoms with Gasteiger partial charge in [0.05, 0.1) is 5.54 Å². The normalized spacial score (nSPS) is 11.3. The van der Waals surface area contributed by atoms with E-state index in [2.05, 4.69) is 5.32 Å². The minimum atomic E-state index is -0.615. The Bertz CT molecular complexity index is 416. The number of benzene rings is 1. The van der Waals surface area contributed by atoms with Crippen LogP contribution in [0.1, 0.15) is 27.7 Å². The number of aromatic hydroxyl groups is 1. The molecule has 0 unspecified atom stereocenters. The zero-order valence-electron chi connectivity index (χ0n) is 11.5. The van der Waals surface area contributed by atoms with Gasteiger partial charge in [-0.2, -0.15) is 0 Å². The van der Waals surface area contributed by atoms with Gasteiger partial charge in [0.1, 0.15) is 5.75 Å². The summed E-state index contributed by atoms with van der Waals surface area (Å²) in [5.41, 5.74) is 0.101. The van der Waals surface area contributed by atoms with Crippen molar-refractivity contribution in [2.75, 3.05) is 18.0 Å². The van der Waals surface area contributed by atoms with E-state index in [1.807, 2.05) is 33.8 Å². The lowest BCUT2D eigenvalue weighted by atomic mass is 10.0. The monoisotopic (exact) mass is 250 g/mol. The van der Waals surface area contributed by atoms with Crippen LogP contribution in [0.5, 0.6) is 5.75 Å². The summed E-state index contributed by atoms with van der Waals surface area (Å²) in [5, 5.41) is 12.7. The summed E-state index contributed by atoms with van der Waals surface area (Å²) in [6.45, 7) is 8.92. The van der Waals surface area contributed by atoms with Crippen LogP contribution >= 0.6 is 0 Å². The molecule has 0 aliphatic carbocycles. The average Bonchev–Trinajstić information content (AvgIpc) is 2.30. The van der Waals surface area contributed by atoms with E-state index in [0.29, 0.717) is 12.2 Å². The van der Waals surface area contributed by atoms with Crippen LogP contribution in [0.25, 0.3) is 0 Å². The van der Waals surface area contributed by atoms with Gasteiger partial charge in [-0.15, -0.1) is 0 Å². The molecule has 18 heavy (non-hydrogen) atoms. The molecular weight excluding hydrogens is 228 g/mol. The fourth-order valence-electron chi connectivity index (χ4n) is 1.96. The van der Waals surface area contributed by atoms with E-state index in [4.69, 9.17) is 0 Å². The topological polar surface area (TPSA) is 52.6 Å². The summed E-state index contributed by atoms with van der Waals surface area (Å²) < 4.78 is 0. The lowest BCUT2D eigenvalue weighted by molar-refractivity contribution is -0.123. The highest BCUT2D eigenvalue weighted by Crippen LogP contribution is 2.22. The number of anilines is 1. The first-order chi connectivity index (χ1) is 8.42. The van der Waals surface area contributed by atoms with E-state index in [-0.39, 0.29) is 11.7 Å². The Balaban J connectivity index is 3.00. The number of amides is 1. The Labute approximate surface area is 109 Å². The van der Waals surface area contributed by atoms with Crippen LogP contribution in [0.4, 0.5) is 5.69 Å². The first-order valence-corrected chi connectivity index (χ1v) is 6.28. The highest BCUT2D eigenvalue weighted by Gasteiger charge is 2.31. The molecule has 0 spiro atoms. The average molecular weight is 250 g/mol. The van der Waals surface area contributed by atoms with Gasteiger partial charge >= 0.3 is 0 Å². The molecule has 4 heteroatoms. The molecule has 0 bridgehead atoms. The largest absolute Gasteiger partial charge is 0.508 e. The molecule has 0 saturated carbocycles. The first kappa shape index (κ1) is 14.5. The maximum atomic E-state index is 12.5. The van der Waals surface area contributed by atoms with Gasteiger partial charge in [0, 0.05) is 18.3 Å². The zero-order valence-corrected chi connectivity index (χ0v) is 11.5. The van der Waals surface area contributed by atoms with Crippen molar-refractivity contribution in [3.05, 3.63) is 24.3 Å². The predicted molar refractivity (Wildman–Crippen MR) is 73.9 cm³/mol. The smallest absolute Gasteiger partial charge is 0.246 e. The molecule has 0 atom stereocenters. The second-order valence-corrected chi connectivity index (χ2v) is 4.72. The van der Waals surface area contributed by atoms with Crippen LogP contribution in [-0.2, 0) is 4.79 Å². The summed E-state index contributed by atoms with van der Waals surface area (Å²) >= 11 is 0. The number of nitrogens with zero attached hydrogens (tertiary/aromatic N) is 1. The van der Waals surface area contributed by atoms with Gasteiger partial charge in [0.15, 0.2) is 0 Å². The minimum Gasteiger partial charge on any atom is -0.508 e. The summed E-state index contributed by atoms with van der Waals surface area (Å²) in [6, 6.07) is 6.75. The number of carbonyl (C=O) groups is 1. The van der Waals surface area contributed by atoms with Crippen LogP contribution in [-0.4, -0.2) is 29.6 Å². The molecule has 0 heterocycles. The number of likely N-dealkylation sites (N-methyl/N-ethyl adjacent to an activating group) is 2. The van der Waals surface area contributed by atoms with Crippen molar-refractivity contribution in [3.8, 4) is 5.75 Å². The Morgan fingerprint density at radius 1 is 1.39 bits per heavy atom. The van der Waals surface area contributed by atoms with Crippen LogP contribution in [0.2, 0.25) is 0 Å². The Kier molecular flexibility index (Phi) is 4.73. The number of phenolic OH excluding ortho intramolecular Hbond substituents is 1. The number of rotatable bonds is 5. The third-order valence-electron chi connectivity index (χ3n) is 2.86. The molecule has 1 rings (SSSR count). The second kappa shape index (κ2) is 5.87. The van der Waals surface area contributed by atoms with Gasteiger partial charge in [-0.05, 0) is 39.4 Å². The lowest BCUT2D eigenvalue weighted by Crippen LogP contribution is -2.54. The van der Waals surface area contributed by atoms with Gasteiger partial charge in [0.25, 0.3) is 0 Å². The van der Waals surface area contributed by atoms with E-state index in [0.717, 1.165) is 6.54 Å². The first-order valence-electron chi connectivity index (χ1n) is 6.28. The van der Waals surface area contributed by atoms with Crippen LogP contribution in [0.3, 0.4) is 0 Å². The van der Waals surface area contributed by atoms with Gasteiger partial charge in [0.2, 0.25) is 5.91 Å². The quantitative estimate of drug-likeness (QED) is 0.841. The summed E-state index contributed by atoms with van der Waals surface area (Å²) in [7, 11) is 0. The van der Waals surface area contributed by atoms with Crippen molar-refractivity contribution in [1.82, 2.24) is 5.32 Å². The van der Waals surface area contributed by atoms with Gasteiger partial charge in [-0.25, -0.2) is 0 Å². The van der Waals surface area contributed by atoms with Crippen molar-refractivity contribution in [1.29, 1.82) is 0 Å². The van der Waals surface area contributed by atoms with Crippen LogP contribution < -0.4 is 10.2 Å². The fraction of sp³-hybridized carbons (Fsp3) is 0.500. The molecule has 0 radical (unpaired) electrons. The van der Waals surface area contributed by atoms with Gasteiger partial charge < -0.3 is 15.3 Å². The van der Waals surface area contributed by atoms with Crippen LogP contribution in [0, 0.1) is 0 Å². The maximum absolute atomic E-state index is 12.5. The van der Waals surface area contributed by atoms with E-state index in [1.54, 1.807) is 23.1 Å². The van der Waals surface area contributed by atoms with Crippen LogP contribution in [0.15, 0.2) is 24.3 Å². The van der Waals surface area contributed by atoms with Crippen molar-refractivity contribution >= 4 is 11.6 Å². The summed E-state index contributed by atoms with van der Waals surface area (Å²) in [5.74, 6) is 0.164. The van der Waals surface area contributed by atoms with Gasteiger partial charge in [-0.3, -0.25) is 4.79 Å². The van der Waals surface area contributed by atoms with Crippen molar-refractivity contribution in [2.45, 2.75) is 33.2 Å². The van der Waals surface area contributed by atoms with E-state index in [1.165, 1.54) is 0 Å². The summed E-state index contributed by atoms with van der Waals surface area (Å²) in [6.07, 6.45) is 0. The number of hydrogen-bond acceptors (Lipinski definition) is 3. The second-order valence-electron chi connectivity index (χ2n) is 4.72. The highest BCUT2D eigenvalue weighted by molar-refractivity contribution is 5.99. The third kappa shape index (κ3) is 3.23. The van der Waals surface area contributed by atoms with Crippen molar-refractivity contribution < 1.29 is 9.90 Å². The number of nitrogens with one attached hydrogen (secondary N) is 1. The molecule has 100 valence electrons. The zero-order chi connectivity index (χ0) is 13.8. The predicted octanol–water partition coefficient (Wildman–Crippen LogP) is 2.13. The SMILES string of the molecule is CCNC(C)(C)C(=O)N(CC)c1cccc(O)c1. The number of carbonyl (C=O) groups excluding carboxylic acids is 1. The molecule has 0 aromatic heterocycles. The number of hydrogen-bond donors (Lipinski definition) is 2. The molecule has 0 aliphatic rings. The molecule has 2 N–H and O–H groups in total. The molecule has 1 aromatic carbocycles. The Hall–Kier alpha value is -1.55. The molecule has 1 amide bonds. The Morgan fingerprint density at radius 3 is 2.56 bits per heavy atom. The van der Waals surface area contributed by atoms with Crippen molar-refractivity contribution in [2.24, 2.45) is 0 Å². The molecule has 0 fully saturated rings. The standard InChI is InChI=1S/C14H22N2O2/c1-5-15-14(3,4)13(18)16(6-2)11-8-7-9-12(17)10-11/h7-10,15,17H,5-6H2,1-4H3. The van der Waals surface area contributed by atoms with Crippen molar-refractivity contribution in [3.63, 3.8) is 0 Å². The molecule has 4 nitrogen and oxygen atoms in total. The van der Waals surface area contributed by atoms with E-state index in [9.17, 15) is 9.90 Å².